The van der Waals surface area contributed by atoms with Crippen molar-refractivity contribution in [1.29, 1.82) is 0 Å². The van der Waals surface area contributed by atoms with E-state index in [1.165, 1.54) is 12.8 Å². The van der Waals surface area contributed by atoms with Crippen LogP contribution in [0, 0.1) is 0 Å². The number of carbonyl (C=O) groups is 1. The molecule has 0 aromatic carbocycles. The Morgan fingerprint density at radius 2 is 2.06 bits per heavy atom. The zero-order chi connectivity index (χ0) is 12.5. The first-order valence-electron chi connectivity index (χ1n) is 6.71. The first-order chi connectivity index (χ1) is 7.99. The maximum atomic E-state index is 12.1. The molecule has 2 aliphatic rings. The lowest BCUT2D eigenvalue weighted by Gasteiger charge is -2.45. The molecule has 0 spiro atoms. The summed E-state index contributed by atoms with van der Waals surface area (Å²) in [5.41, 5.74) is 0.109. The van der Waals surface area contributed by atoms with E-state index >= 15 is 0 Å². The van der Waals surface area contributed by atoms with Gasteiger partial charge in [-0.2, -0.15) is 0 Å². The molecule has 0 aromatic heterocycles. The van der Waals surface area contributed by atoms with Crippen molar-refractivity contribution in [1.82, 2.24) is 15.1 Å². The number of likely N-dealkylation sites (N-methyl/N-ethyl adjacent to an activating group) is 1. The number of rotatable bonds is 4. The first-order valence-corrected chi connectivity index (χ1v) is 6.71. The van der Waals surface area contributed by atoms with Crippen LogP contribution in [0.1, 0.15) is 33.1 Å². The van der Waals surface area contributed by atoms with Crippen LogP contribution in [0.4, 0.5) is 0 Å². The number of amides is 1. The normalized spacial score (nSPS) is 25.0. The van der Waals surface area contributed by atoms with Crippen LogP contribution >= 0.6 is 0 Å². The minimum atomic E-state index is 0.109. The van der Waals surface area contributed by atoms with Gasteiger partial charge in [-0.3, -0.25) is 9.69 Å². The molecule has 0 bridgehead atoms. The van der Waals surface area contributed by atoms with E-state index in [1.54, 1.807) is 0 Å². The molecular formula is C13H25N3O. The summed E-state index contributed by atoms with van der Waals surface area (Å²) >= 11 is 0. The Bertz CT molecular complexity index is 286. The summed E-state index contributed by atoms with van der Waals surface area (Å²) in [6.45, 7) is 7.96. The Labute approximate surface area is 104 Å². The number of nitrogens with zero attached hydrogens (tertiary/aromatic N) is 2. The van der Waals surface area contributed by atoms with Crippen LogP contribution in [0.3, 0.4) is 0 Å². The maximum absolute atomic E-state index is 12.1. The van der Waals surface area contributed by atoms with Gasteiger partial charge in [-0.25, -0.2) is 0 Å². The lowest BCUT2D eigenvalue weighted by atomic mass is 9.99. The van der Waals surface area contributed by atoms with Crippen molar-refractivity contribution in [2.45, 2.75) is 44.7 Å². The Morgan fingerprint density at radius 1 is 1.35 bits per heavy atom. The van der Waals surface area contributed by atoms with Gasteiger partial charge < -0.3 is 10.2 Å². The van der Waals surface area contributed by atoms with Gasteiger partial charge in [0.05, 0.1) is 0 Å². The zero-order valence-electron chi connectivity index (χ0n) is 11.3. The molecule has 0 aromatic rings. The third-order valence-corrected chi connectivity index (χ3v) is 4.02. The highest BCUT2D eigenvalue weighted by Gasteiger charge is 2.33. The fourth-order valence-electron chi connectivity index (χ4n) is 2.28. The fraction of sp³-hybridized carbons (Fsp3) is 0.923. The van der Waals surface area contributed by atoms with Crippen molar-refractivity contribution in [3.05, 3.63) is 0 Å². The van der Waals surface area contributed by atoms with Crippen LogP contribution in [-0.2, 0) is 4.79 Å². The highest BCUT2D eigenvalue weighted by molar-refractivity contribution is 5.76. The van der Waals surface area contributed by atoms with Gasteiger partial charge in [-0.05, 0) is 33.7 Å². The Balaban J connectivity index is 1.74. The summed E-state index contributed by atoms with van der Waals surface area (Å²) in [5.74, 6) is 0.305. The second-order valence-corrected chi connectivity index (χ2v) is 6.03. The lowest BCUT2D eigenvalue weighted by molar-refractivity contribution is -0.135. The average molecular weight is 239 g/mol. The second kappa shape index (κ2) is 4.94. The van der Waals surface area contributed by atoms with Gasteiger partial charge in [0.15, 0.2) is 0 Å². The molecule has 1 N–H and O–H groups in total. The first kappa shape index (κ1) is 12.8. The molecule has 0 atom stereocenters. The molecule has 1 aliphatic carbocycles. The highest BCUT2D eigenvalue weighted by Crippen LogP contribution is 2.20. The Hall–Kier alpha value is -0.610. The Kier molecular flexibility index (Phi) is 3.73. The SMILES string of the molecule is CN1CCN(C(=O)CCNC2CC2)CC1(C)C. The fourth-order valence-corrected chi connectivity index (χ4v) is 2.28. The van der Waals surface area contributed by atoms with Gasteiger partial charge >= 0.3 is 0 Å². The van der Waals surface area contributed by atoms with Gasteiger partial charge in [-0.15, -0.1) is 0 Å². The van der Waals surface area contributed by atoms with Crippen molar-refractivity contribution < 1.29 is 4.79 Å². The van der Waals surface area contributed by atoms with Gasteiger partial charge in [0.25, 0.3) is 0 Å². The molecule has 2 rings (SSSR count). The molecule has 17 heavy (non-hydrogen) atoms. The van der Waals surface area contributed by atoms with Crippen molar-refractivity contribution in [3.63, 3.8) is 0 Å². The highest BCUT2D eigenvalue weighted by atomic mass is 16.2. The monoisotopic (exact) mass is 239 g/mol. The molecular weight excluding hydrogens is 214 g/mol. The molecule has 1 heterocycles. The van der Waals surface area contributed by atoms with Crippen molar-refractivity contribution in [2.75, 3.05) is 33.2 Å². The number of piperazine rings is 1. The number of carbonyl (C=O) groups excluding carboxylic acids is 1. The van der Waals surface area contributed by atoms with E-state index in [9.17, 15) is 4.79 Å². The topological polar surface area (TPSA) is 35.6 Å². The predicted molar refractivity (Wildman–Crippen MR) is 68.9 cm³/mol. The quantitative estimate of drug-likeness (QED) is 0.784. The minimum Gasteiger partial charge on any atom is -0.340 e. The van der Waals surface area contributed by atoms with Crippen molar-refractivity contribution in [3.8, 4) is 0 Å². The molecule has 4 heteroatoms. The summed E-state index contributed by atoms with van der Waals surface area (Å²) in [6.07, 6.45) is 3.22. The average Bonchev–Trinajstić information content (AvgIpc) is 3.06. The van der Waals surface area contributed by atoms with Gasteiger partial charge in [0.2, 0.25) is 5.91 Å². The summed E-state index contributed by atoms with van der Waals surface area (Å²) < 4.78 is 0. The molecule has 98 valence electrons. The summed E-state index contributed by atoms with van der Waals surface area (Å²) in [6, 6.07) is 0.701. The second-order valence-electron chi connectivity index (χ2n) is 6.03. The molecule has 1 saturated carbocycles. The lowest BCUT2D eigenvalue weighted by Crippen LogP contribution is -2.59. The van der Waals surface area contributed by atoms with E-state index in [1.807, 2.05) is 4.90 Å². The van der Waals surface area contributed by atoms with Gasteiger partial charge in [-0.1, -0.05) is 0 Å². The van der Waals surface area contributed by atoms with Gasteiger partial charge in [0.1, 0.15) is 0 Å². The number of nitrogens with one attached hydrogen (secondary N) is 1. The summed E-state index contributed by atoms with van der Waals surface area (Å²) in [4.78, 5) is 16.4. The van der Waals surface area contributed by atoms with Crippen LogP contribution in [0.25, 0.3) is 0 Å². The molecule has 2 fully saturated rings. The van der Waals surface area contributed by atoms with Crippen LogP contribution in [0.2, 0.25) is 0 Å². The zero-order valence-corrected chi connectivity index (χ0v) is 11.3. The van der Waals surface area contributed by atoms with E-state index in [-0.39, 0.29) is 5.54 Å². The van der Waals surface area contributed by atoms with E-state index in [0.717, 1.165) is 26.2 Å². The standard InChI is InChI=1S/C13H25N3O/c1-13(2)10-16(9-8-15(13)3)12(17)6-7-14-11-4-5-11/h11,14H,4-10H2,1-3H3. The minimum absolute atomic E-state index is 0.109. The van der Waals surface area contributed by atoms with Crippen LogP contribution in [-0.4, -0.2) is 60.5 Å². The molecule has 0 unspecified atom stereocenters. The van der Waals surface area contributed by atoms with Crippen molar-refractivity contribution >= 4 is 5.91 Å². The molecule has 1 saturated heterocycles. The third kappa shape index (κ3) is 3.42. The van der Waals surface area contributed by atoms with Crippen molar-refractivity contribution in [2.24, 2.45) is 0 Å². The molecule has 1 amide bonds. The van der Waals surface area contributed by atoms with E-state index in [0.29, 0.717) is 18.4 Å². The molecule has 0 radical (unpaired) electrons. The molecule has 1 aliphatic heterocycles. The largest absolute Gasteiger partial charge is 0.340 e. The Morgan fingerprint density at radius 3 is 2.65 bits per heavy atom. The van der Waals surface area contributed by atoms with Crippen LogP contribution in [0.15, 0.2) is 0 Å². The van der Waals surface area contributed by atoms with E-state index in [2.05, 4.69) is 31.1 Å². The number of hydrogen-bond acceptors (Lipinski definition) is 3. The van der Waals surface area contributed by atoms with E-state index in [4.69, 9.17) is 0 Å². The van der Waals surface area contributed by atoms with Crippen LogP contribution < -0.4 is 5.32 Å². The summed E-state index contributed by atoms with van der Waals surface area (Å²) in [7, 11) is 2.14. The van der Waals surface area contributed by atoms with Gasteiger partial charge in [0, 0.05) is 44.2 Å². The van der Waals surface area contributed by atoms with Crippen LogP contribution in [0.5, 0.6) is 0 Å². The predicted octanol–water partition coefficient (Wildman–Crippen LogP) is 0.681. The molecule has 4 nitrogen and oxygen atoms in total. The van der Waals surface area contributed by atoms with E-state index < -0.39 is 0 Å². The smallest absolute Gasteiger partial charge is 0.223 e. The maximum Gasteiger partial charge on any atom is 0.223 e. The third-order valence-electron chi connectivity index (χ3n) is 4.02. The summed E-state index contributed by atoms with van der Waals surface area (Å²) in [5, 5.41) is 3.40. The number of hydrogen-bond donors (Lipinski definition) is 1.